The first-order valence-corrected chi connectivity index (χ1v) is 4.54. The lowest BCUT2D eigenvalue weighted by molar-refractivity contribution is 0.0829. The Morgan fingerprint density at radius 2 is 2.46 bits per heavy atom. The fourth-order valence-electron chi connectivity index (χ4n) is 1.33. The van der Waals surface area contributed by atoms with E-state index in [0.717, 1.165) is 24.2 Å². The molecular weight excluding hydrogens is 164 g/mol. The Morgan fingerprint density at radius 3 is 3.08 bits per heavy atom. The molecule has 0 aromatic carbocycles. The van der Waals surface area contributed by atoms with Gasteiger partial charge in [0.15, 0.2) is 0 Å². The monoisotopic (exact) mass is 176 g/mol. The summed E-state index contributed by atoms with van der Waals surface area (Å²) in [6.45, 7) is 2.10. The maximum Gasteiger partial charge on any atom is 0.133 e. The molecular formula is C10H12N2O. The molecule has 0 spiro atoms. The van der Waals surface area contributed by atoms with Crippen molar-refractivity contribution in [2.75, 3.05) is 0 Å². The van der Waals surface area contributed by atoms with Gasteiger partial charge >= 0.3 is 0 Å². The Kier molecular flexibility index (Phi) is 2.25. The van der Waals surface area contributed by atoms with E-state index in [4.69, 9.17) is 4.84 Å². The van der Waals surface area contributed by atoms with Crippen LogP contribution in [0.25, 0.3) is 0 Å². The third kappa shape index (κ3) is 1.69. The third-order valence-corrected chi connectivity index (χ3v) is 2.15. The van der Waals surface area contributed by atoms with Gasteiger partial charge in [0.1, 0.15) is 11.8 Å². The number of rotatable bonds is 2. The van der Waals surface area contributed by atoms with Crippen LogP contribution in [0, 0.1) is 0 Å². The molecule has 0 saturated heterocycles. The van der Waals surface area contributed by atoms with Crippen LogP contribution in [0.1, 0.15) is 25.5 Å². The molecule has 0 saturated carbocycles. The molecule has 3 heteroatoms. The summed E-state index contributed by atoms with van der Waals surface area (Å²) in [7, 11) is 0. The summed E-state index contributed by atoms with van der Waals surface area (Å²) in [5.41, 5.74) is 1.89. The molecule has 1 aliphatic rings. The van der Waals surface area contributed by atoms with E-state index in [1.165, 1.54) is 0 Å². The van der Waals surface area contributed by atoms with Crippen LogP contribution in [-0.2, 0) is 4.84 Å². The zero-order chi connectivity index (χ0) is 9.10. The van der Waals surface area contributed by atoms with Crippen molar-refractivity contribution < 1.29 is 4.84 Å². The molecule has 0 amide bonds. The summed E-state index contributed by atoms with van der Waals surface area (Å²) in [5.74, 6) is 0. The summed E-state index contributed by atoms with van der Waals surface area (Å²) in [6.07, 6.45) is 3.90. The smallest absolute Gasteiger partial charge is 0.133 e. The minimum atomic E-state index is 0.247. The van der Waals surface area contributed by atoms with Gasteiger partial charge in [-0.1, -0.05) is 18.1 Å². The Labute approximate surface area is 77.4 Å². The number of pyridine rings is 1. The maximum absolute atomic E-state index is 5.22. The van der Waals surface area contributed by atoms with Crippen molar-refractivity contribution in [1.29, 1.82) is 0 Å². The van der Waals surface area contributed by atoms with Crippen molar-refractivity contribution in [2.24, 2.45) is 5.16 Å². The van der Waals surface area contributed by atoms with Crippen LogP contribution < -0.4 is 0 Å². The van der Waals surface area contributed by atoms with Gasteiger partial charge in [0.2, 0.25) is 0 Å². The van der Waals surface area contributed by atoms with Crippen molar-refractivity contribution in [3.05, 3.63) is 30.1 Å². The number of nitrogens with zero attached hydrogens (tertiary/aromatic N) is 2. The largest absolute Gasteiger partial charge is 0.392 e. The van der Waals surface area contributed by atoms with E-state index in [0.29, 0.717) is 0 Å². The summed E-state index contributed by atoms with van der Waals surface area (Å²) in [5, 5.41) is 4.01. The average Bonchev–Trinajstić information content (AvgIpc) is 2.67. The van der Waals surface area contributed by atoms with E-state index in [9.17, 15) is 0 Å². The van der Waals surface area contributed by atoms with E-state index in [-0.39, 0.29) is 6.10 Å². The zero-order valence-electron chi connectivity index (χ0n) is 7.60. The van der Waals surface area contributed by atoms with Crippen LogP contribution in [0.4, 0.5) is 0 Å². The van der Waals surface area contributed by atoms with E-state index in [1.54, 1.807) is 6.20 Å². The Balaban J connectivity index is 2.12. The van der Waals surface area contributed by atoms with E-state index in [2.05, 4.69) is 17.1 Å². The molecule has 0 radical (unpaired) electrons. The summed E-state index contributed by atoms with van der Waals surface area (Å²) >= 11 is 0. The molecule has 0 fully saturated rings. The number of oxime groups is 1. The molecule has 1 aromatic rings. The first-order valence-electron chi connectivity index (χ1n) is 4.54. The van der Waals surface area contributed by atoms with Gasteiger partial charge in [0, 0.05) is 12.6 Å². The van der Waals surface area contributed by atoms with Gasteiger partial charge < -0.3 is 4.84 Å². The van der Waals surface area contributed by atoms with Gasteiger partial charge in [0.05, 0.1) is 5.69 Å². The van der Waals surface area contributed by atoms with Crippen LogP contribution in [-0.4, -0.2) is 16.8 Å². The zero-order valence-corrected chi connectivity index (χ0v) is 7.60. The number of hydrogen-bond donors (Lipinski definition) is 0. The number of hydrogen-bond acceptors (Lipinski definition) is 3. The van der Waals surface area contributed by atoms with Crippen LogP contribution >= 0.6 is 0 Å². The highest BCUT2D eigenvalue weighted by molar-refractivity contribution is 5.99. The second-order valence-electron chi connectivity index (χ2n) is 3.09. The second kappa shape index (κ2) is 3.56. The fourth-order valence-corrected chi connectivity index (χ4v) is 1.33. The van der Waals surface area contributed by atoms with Crippen molar-refractivity contribution in [3.8, 4) is 0 Å². The highest BCUT2D eigenvalue weighted by Crippen LogP contribution is 2.16. The summed E-state index contributed by atoms with van der Waals surface area (Å²) in [6, 6.07) is 5.82. The minimum absolute atomic E-state index is 0.247. The highest BCUT2D eigenvalue weighted by atomic mass is 16.6. The van der Waals surface area contributed by atoms with E-state index in [1.807, 2.05) is 18.2 Å². The molecule has 1 unspecified atom stereocenters. The molecule has 2 heterocycles. The predicted molar refractivity (Wildman–Crippen MR) is 50.6 cm³/mol. The average molecular weight is 176 g/mol. The van der Waals surface area contributed by atoms with E-state index < -0.39 is 0 Å². The lowest BCUT2D eigenvalue weighted by Crippen LogP contribution is -2.07. The summed E-state index contributed by atoms with van der Waals surface area (Å²) in [4.78, 5) is 9.44. The second-order valence-corrected chi connectivity index (χ2v) is 3.09. The van der Waals surface area contributed by atoms with Crippen molar-refractivity contribution >= 4 is 5.71 Å². The van der Waals surface area contributed by atoms with Gasteiger partial charge in [-0.05, 0) is 18.6 Å². The van der Waals surface area contributed by atoms with Gasteiger partial charge in [-0.15, -0.1) is 0 Å². The van der Waals surface area contributed by atoms with Crippen LogP contribution in [0.3, 0.4) is 0 Å². The molecule has 3 nitrogen and oxygen atoms in total. The Hall–Kier alpha value is -1.38. The minimum Gasteiger partial charge on any atom is -0.392 e. The molecule has 0 aliphatic carbocycles. The first kappa shape index (κ1) is 8.23. The van der Waals surface area contributed by atoms with Crippen LogP contribution in [0.5, 0.6) is 0 Å². The van der Waals surface area contributed by atoms with Gasteiger partial charge in [-0.2, -0.15) is 0 Å². The lowest BCUT2D eigenvalue weighted by Gasteiger charge is -2.01. The third-order valence-electron chi connectivity index (χ3n) is 2.15. The molecule has 1 atom stereocenters. The molecule has 13 heavy (non-hydrogen) atoms. The maximum atomic E-state index is 5.22. The predicted octanol–water partition coefficient (Wildman–Crippen LogP) is 1.98. The molecule has 1 aliphatic heterocycles. The highest BCUT2D eigenvalue weighted by Gasteiger charge is 2.20. The van der Waals surface area contributed by atoms with Crippen molar-refractivity contribution in [3.63, 3.8) is 0 Å². The molecule has 0 bridgehead atoms. The normalized spacial score (nSPS) is 21.0. The van der Waals surface area contributed by atoms with Gasteiger partial charge in [-0.3, -0.25) is 4.98 Å². The quantitative estimate of drug-likeness (QED) is 0.690. The molecule has 68 valence electrons. The molecule has 1 aromatic heterocycles. The van der Waals surface area contributed by atoms with Gasteiger partial charge in [0.25, 0.3) is 0 Å². The standard InChI is InChI=1S/C10H12N2O/c1-2-8-7-10(12-13-8)9-5-3-4-6-11-9/h3-6,8H,2,7H2,1H3. The molecule has 0 N–H and O–H groups in total. The van der Waals surface area contributed by atoms with Gasteiger partial charge in [-0.25, -0.2) is 0 Å². The van der Waals surface area contributed by atoms with Crippen molar-refractivity contribution in [1.82, 2.24) is 4.98 Å². The Bertz CT molecular complexity index is 308. The first-order chi connectivity index (χ1) is 6.40. The lowest BCUT2D eigenvalue weighted by atomic mass is 10.1. The fraction of sp³-hybridized carbons (Fsp3) is 0.400. The number of aromatic nitrogens is 1. The molecule has 2 rings (SSSR count). The summed E-state index contributed by atoms with van der Waals surface area (Å²) < 4.78 is 0. The van der Waals surface area contributed by atoms with Crippen LogP contribution in [0.15, 0.2) is 29.6 Å². The van der Waals surface area contributed by atoms with Crippen molar-refractivity contribution in [2.45, 2.75) is 25.9 Å². The Morgan fingerprint density at radius 1 is 1.54 bits per heavy atom. The van der Waals surface area contributed by atoms with Crippen LogP contribution in [0.2, 0.25) is 0 Å². The topological polar surface area (TPSA) is 34.5 Å². The van der Waals surface area contributed by atoms with E-state index >= 15 is 0 Å². The SMILES string of the molecule is CCC1CC(c2ccccn2)=NO1.